The highest BCUT2D eigenvalue weighted by Crippen LogP contribution is 2.24. The van der Waals surface area contributed by atoms with Gasteiger partial charge in [-0.1, -0.05) is 45.0 Å². The van der Waals surface area contributed by atoms with Gasteiger partial charge in [0.1, 0.15) is 5.82 Å². The van der Waals surface area contributed by atoms with Gasteiger partial charge < -0.3 is 10.4 Å². The molecule has 20 heavy (non-hydrogen) atoms. The summed E-state index contributed by atoms with van der Waals surface area (Å²) in [4.78, 5) is 4.45. The quantitative estimate of drug-likeness (QED) is 0.907. The van der Waals surface area contributed by atoms with Crippen LogP contribution in [0.2, 0.25) is 0 Å². The Kier molecular flexibility index (Phi) is 4.40. The van der Waals surface area contributed by atoms with Crippen molar-refractivity contribution in [2.75, 3.05) is 11.9 Å². The Hall–Kier alpha value is -1.46. The highest BCUT2D eigenvalue weighted by molar-refractivity contribution is 7.09. The number of benzene rings is 1. The Bertz CT molecular complexity index is 574. The lowest BCUT2D eigenvalue weighted by Crippen LogP contribution is -2.15. The van der Waals surface area contributed by atoms with E-state index in [2.05, 4.69) is 35.4 Å². The van der Waals surface area contributed by atoms with Crippen LogP contribution in [-0.2, 0) is 5.41 Å². The molecule has 0 spiro atoms. The van der Waals surface area contributed by atoms with Gasteiger partial charge in [-0.05, 0) is 18.1 Å². The SMILES string of the molecule is Cc1ccccc1C(O)CNc1nc(C(C)(C)C)ns1. The zero-order valence-electron chi connectivity index (χ0n) is 12.3. The second-order valence-electron chi connectivity index (χ2n) is 5.93. The molecule has 0 aliphatic rings. The van der Waals surface area contributed by atoms with Gasteiger partial charge in [-0.15, -0.1) is 0 Å². The van der Waals surface area contributed by atoms with Crippen LogP contribution >= 0.6 is 11.5 Å². The summed E-state index contributed by atoms with van der Waals surface area (Å²) in [5, 5.41) is 14.1. The molecular weight excluding hydrogens is 270 g/mol. The number of rotatable bonds is 4. The number of aromatic nitrogens is 2. The molecule has 1 aromatic heterocycles. The van der Waals surface area contributed by atoms with Crippen molar-refractivity contribution in [3.8, 4) is 0 Å². The number of nitrogens with zero attached hydrogens (tertiary/aromatic N) is 2. The van der Waals surface area contributed by atoms with Crippen molar-refractivity contribution in [1.29, 1.82) is 0 Å². The highest BCUT2D eigenvalue weighted by atomic mass is 32.1. The molecule has 0 aliphatic carbocycles. The fourth-order valence-electron chi connectivity index (χ4n) is 1.85. The molecule has 1 unspecified atom stereocenters. The second kappa shape index (κ2) is 5.89. The van der Waals surface area contributed by atoms with E-state index in [-0.39, 0.29) is 5.41 Å². The van der Waals surface area contributed by atoms with E-state index in [1.54, 1.807) is 0 Å². The van der Waals surface area contributed by atoms with E-state index in [1.807, 2.05) is 31.2 Å². The van der Waals surface area contributed by atoms with Gasteiger partial charge in [0.05, 0.1) is 6.10 Å². The number of anilines is 1. The second-order valence-corrected chi connectivity index (χ2v) is 6.68. The first-order valence-electron chi connectivity index (χ1n) is 6.69. The summed E-state index contributed by atoms with van der Waals surface area (Å²) < 4.78 is 4.34. The highest BCUT2D eigenvalue weighted by Gasteiger charge is 2.19. The summed E-state index contributed by atoms with van der Waals surface area (Å²) in [6.45, 7) is 8.69. The van der Waals surface area contributed by atoms with E-state index >= 15 is 0 Å². The number of aryl methyl sites for hydroxylation is 1. The molecule has 4 nitrogen and oxygen atoms in total. The molecule has 1 atom stereocenters. The van der Waals surface area contributed by atoms with E-state index in [0.29, 0.717) is 6.54 Å². The number of aliphatic hydroxyl groups is 1. The summed E-state index contributed by atoms with van der Waals surface area (Å²) in [5.41, 5.74) is 1.99. The van der Waals surface area contributed by atoms with Crippen LogP contribution in [0.1, 0.15) is 43.8 Å². The predicted molar refractivity (Wildman–Crippen MR) is 83.2 cm³/mol. The van der Waals surface area contributed by atoms with Crippen LogP contribution in [-0.4, -0.2) is 21.0 Å². The fraction of sp³-hybridized carbons (Fsp3) is 0.467. The molecule has 0 amide bonds. The number of nitrogens with one attached hydrogen (secondary N) is 1. The largest absolute Gasteiger partial charge is 0.387 e. The minimum Gasteiger partial charge on any atom is -0.387 e. The van der Waals surface area contributed by atoms with Crippen molar-refractivity contribution in [2.24, 2.45) is 0 Å². The monoisotopic (exact) mass is 291 g/mol. The molecule has 0 saturated heterocycles. The normalized spacial score (nSPS) is 13.2. The summed E-state index contributed by atoms with van der Waals surface area (Å²) in [6, 6.07) is 7.86. The minimum absolute atomic E-state index is 0.0505. The molecule has 2 aromatic rings. The van der Waals surface area contributed by atoms with Gasteiger partial charge in [-0.25, -0.2) is 4.98 Å². The fourth-order valence-corrected chi connectivity index (χ4v) is 2.62. The van der Waals surface area contributed by atoms with Gasteiger partial charge in [-0.2, -0.15) is 4.37 Å². The van der Waals surface area contributed by atoms with Crippen LogP contribution in [0.5, 0.6) is 0 Å². The van der Waals surface area contributed by atoms with E-state index in [0.717, 1.165) is 22.1 Å². The maximum atomic E-state index is 10.2. The first-order chi connectivity index (χ1) is 9.38. The van der Waals surface area contributed by atoms with Crippen LogP contribution in [0.3, 0.4) is 0 Å². The molecule has 1 aromatic carbocycles. The summed E-state index contributed by atoms with van der Waals surface area (Å²) in [5.74, 6) is 0.829. The smallest absolute Gasteiger partial charge is 0.202 e. The van der Waals surface area contributed by atoms with Gasteiger partial charge in [0.25, 0.3) is 0 Å². The average molecular weight is 291 g/mol. The molecule has 5 heteroatoms. The lowest BCUT2D eigenvalue weighted by Gasteiger charge is -2.14. The van der Waals surface area contributed by atoms with Gasteiger partial charge >= 0.3 is 0 Å². The third kappa shape index (κ3) is 3.55. The van der Waals surface area contributed by atoms with Crippen molar-refractivity contribution in [1.82, 2.24) is 9.36 Å². The molecule has 0 saturated carbocycles. The lowest BCUT2D eigenvalue weighted by molar-refractivity contribution is 0.191. The maximum absolute atomic E-state index is 10.2. The molecule has 0 bridgehead atoms. The number of hydrogen-bond donors (Lipinski definition) is 2. The van der Waals surface area contributed by atoms with Crippen molar-refractivity contribution in [3.63, 3.8) is 0 Å². The summed E-state index contributed by atoms with van der Waals surface area (Å²) in [6.07, 6.45) is -0.543. The third-order valence-electron chi connectivity index (χ3n) is 3.09. The van der Waals surface area contributed by atoms with Gasteiger partial charge in [-0.3, -0.25) is 0 Å². The maximum Gasteiger partial charge on any atom is 0.202 e. The van der Waals surface area contributed by atoms with Gasteiger partial charge in [0, 0.05) is 23.5 Å². The molecule has 108 valence electrons. The Labute approximate surface area is 124 Å². The lowest BCUT2D eigenvalue weighted by atomic mass is 9.96. The van der Waals surface area contributed by atoms with Crippen molar-refractivity contribution in [3.05, 3.63) is 41.2 Å². The molecular formula is C15H21N3OS. The summed E-state index contributed by atoms with van der Waals surface area (Å²) in [7, 11) is 0. The minimum atomic E-state index is -0.543. The third-order valence-corrected chi connectivity index (χ3v) is 3.76. The zero-order valence-corrected chi connectivity index (χ0v) is 13.2. The molecule has 1 heterocycles. The number of aliphatic hydroxyl groups excluding tert-OH is 1. The van der Waals surface area contributed by atoms with Crippen molar-refractivity contribution < 1.29 is 5.11 Å². The van der Waals surface area contributed by atoms with E-state index < -0.39 is 6.10 Å². The first-order valence-corrected chi connectivity index (χ1v) is 7.47. The Morgan fingerprint density at radius 1 is 1.30 bits per heavy atom. The standard InChI is InChI=1S/C15H21N3OS/c1-10-7-5-6-8-11(10)12(19)9-16-14-17-13(18-20-14)15(2,3)4/h5-8,12,19H,9H2,1-4H3,(H,16,17,18). The van der Waals surface area contributed by atoms with E-state index in [4.69, 9.17) is 0 Å². The van der Waals surface area contributed by atoms with Crippen LogP contribution < -0.4 is 5.32 Å². The molecule has 0 radical (unpaired) electrons. The Morgan fingerprint density at radius 2 is 2.00 bits per heavy atom. The molecule has 0 aliphatic heterocycles. The number of hydrogen-bond acceptors (Lipinski definition) is 5. The molecule has 2 rings (SSSR count). The van der Waals surface area contributed by atoms with Crippen molar-refractivity contribution in [2.45, 2.75) is 39.2 Å². The van der Waals surface area contributed by atoms with Gasteiger partial charge in [0.2, 0.25) is 5.13 Å². The molecule has 0 fully saturated rings. The van der Waals surface area contributed by atoms with Gasteiger partial charge in [0.15, 0.2) is 0 Å². The van der Waals surface area contributed by atoms with Crippen LogP contribution in [0.15, 0.2) is 24.3 Å². The topological polar surface area (TPSA) is 58.0 Å². The van der Waals surface area contributed by atoms with Crippen LogP contribution in [0.25, 0.3) is 0 Å². The van der Waals surface area contributed by atoms with Crippen molar-refractivity contribution >= 4 is 16.7 Å². The average Bonchev–Trinajstić information content (AvgIpc) is 2.85. The first kappa shape index (κ1) is 14.9. The van der Waals surface area contributed by atoms with E-state index in [9.17, 15) is 5.11 Å². The van der Waals surface area contributed by atoms with Crippen LogP contribution in [0, 0.1) is 6.92 Å². The zero-order chi connectivity index (χ0) is 14.8. The van der Waals surface area contributed by atoms with Crippen LogP contribution in [0.4, 0.5) is 5.13 Å². The Morgan fingerprint density at radius 3 is 2.60 bits per heavy atom. The Balaban J connectivity index is 1.99. The predicted octanol–water partition coefficient (Wildman–Crippen LogP) is 3.29. The van der Waals surface area contributed by atoms with E-state index in [1.165, 1.54) is 11.5 Å². The summed E-state index contributed by atoms with van der Waals surface area (Å²) >= 11 is 1.33. The molecule has 2 N–H and O–H groups in total.